The number of esters is 1. The van der Waals surface area contributed by atoms with E-state index in [2.05, 4.69) is 5.32 Å². The zero-order valence-electron chi connectivity index (χ0n) is 6.74. The number of aliphatic hydroxyl groups excluding tert-OH is 1. The molecule has 0 radical (unpaired) electrons. The zero-order valence-corrected chi connectivity index (χ0v) is 6.74. The highest BCUT2D eigenvalue weighted by atomic mass is 16.6. The standard InChI is InChI=1S/C7H11NO4/c1-4(9)7(11)12-5-2-6(10)8-3-5/h4-5,9H,2-3H2,1H3,(H,8,10)/t4-,5?/m0/s1. The van der Waals surface area contributed by atoms with E-state index in [1.54, 1.807) is 0 Å². The third-order valence-electron chi connectivity index (χ3n) is 1.56. The molecular formula is C7H11NO4. The predicted molar refractivity (Wildman–Crippen MR) is 39.2 cm³/mol. The van der Waals surface area contributed by atoms with E-state index in [0.717, 1.165) is 0 Å². The molecule has 1 saturated heterocycles. The number of nitrogens with one attached hydrogen (secondary N) is 1. The summed E-state index contributed by atoms with van der Waals surface area (Å²) in [6.07, 6.45) is -1.35. The number of aliphatic hydroxyl groups is 1. The van der Waals surface area contributed by atoms with E-state index in [9.17, 15) is 9.59 Å². The first-order chi connectivity index (χ1) is 5.59. The van der Waals surface area contributed by atoms with E-state index in [4.69, 9.17) is 9.84 Å². The lowest BCUT2D eigenvalue weighted by atomic mass is 10.3. The Morgan fingerprint density at radius 3 is 2.92 bits per heavy atom. The molecule has 1 aliphatic heterocycles. The van der Waals surface area contributed by atoms with Crippen molar-refractivity contribution in [2.75, 3.05) is 6.54 Å². The van der Waals surface area contributed by atoms with Crippen molar-refractivity contribution >= 4 is 11.9 Å². The lowest BCUT2D eigenvalue weighted by Gasteiger charge is -2.10. The maximum atomic E-state index is 10.8. The Labute approximate surface area is 69.7 Å². The van der Waals surface area contributed by atoms with Gasteiger partial charge in [0, 0.05) is 0 Å². The number of hydrogen-bond acceptors (Lipinski definition) is 4. The lowest BCUT2D eigenvalue weighted by Crippen LogP contribution is -2.27. The van der Waals surface area contributed by atoms with Crippen LogP contribution >= 0.6 is 0 Å². The van der Waals surface area contributed by atoms with Crippen LogP contribution in [0.1, 0.15) is 13.3 Å². The molecule has 5 heteroatoms. The molecule has 5 nitrogen and oxygen atoms in total. The van der Waals surface area contributed by atoms with Gasteiger partial charge in [0.1, 0.15) is 12.2 Å². The van der Waals surface area contributed by atoms with Crippen LogP contribution in [-0.4, -0.2) is 35.7 Å². The number of hydrogen-bond donors (Lipinski definition) is 2. The van der Waals surface area contributed by atoms with E-state index in [0.29, 0.717) is 6.54 Å². The maximum Gasteiger partial charge on any atom is 0.335 e. The third-order valence-corrected chi connectivity index (χ3v) is 1.56. The van der Waals surface area contributed by atoms with Gasteiger partial charge in [-0.1, -0.05) is 0 Å². The van der Waals surface area contributed by atoms with Crippen LogP contribution in [0.3, 0.4) is 0 Å². The average molecular weight is 173 g/mol. The van der Waals surface area contributed by atoms with Crippen molar-refractivity contribution < 1.29 is 19.4 Å². The molecule has 12 heavy (non-hydrogen) atoms. The summed E-state index contributed by atoms with van der Waals surface area (Å²) >= 11 is 0. The lowest BCUT2D eigenvalue weighted by molar-refractivity contribution is -0.157. The average Bonchev–Trinajstić information content (AvgIpc) is 2.35. The van der Waals surface area contributed by atoms with Gasteiger partial charge in [-0.2, -0.15) is 0 Å². The Kier molecular flexibility index (Phi) is 2.65. The minimum absolute atomic E-state index is 0.126. The van der Waals surface area contributed by atoms with Crippen molar-refractivity contribution in [3.05, 3.63) is 0 Å². The van der Waals surface area contributed by atoms with Gasteiger partial charge >= 0.3 is 5.97 Å². The molecule has 0 aliphatic carbocycles. The zero-order chi connectivity index (χ0) is 9.14. The van der Waals surface area contributed by atoms with Crippen molar-refractivity contribution in [3.63, 3.8) is 0 Å². The molecule has 1 fully saturated rings. The Bertz CT molecular complexity index is 202. The minimum Gasteiger partial charge on any atom is -0.458 e. The smallest absolute Gasteiger partial charge is 0.335 e. The molecule has 1 rings (SSSR count). The Morgan fingerprint density at radius 2 is 2.50 bits per heavy atom. The first-order valence-corrected chi connectivity index (χ1v) is 3.75. The van der Waals surface area contributed by atoms with E-state index < -0.39 is 18.2 Å². The second kappa shape index (κ2) is 3.53. The molecule has 2 atom stereocenters. The molecule has 1 aliphatic rings. The number of carbonyl (C=O) groups is 2. The summed E-state index contributed by atoms with van der Waals surface area (Å²) in [6.45, 7) is 1.67. The highest BCUT2D eigenvalue weighted by Crippen LogP contribution is 2.05. The monoisotopic (exact) mass is 173 g/mol. The molecule has 68 valence electrons. The minimum atomic E-state index is -1.12. The van der Waals surface area contributed by atoms with Gasteiger partial charge in [-0.05, 0) is 6.92 Å². The van der Waals surface area contributed by atoms with Gasteiger partial charge in [0.2, 0.25) is 5.91 Å². The fraction of sp³-hybridized carbons (Fsp3) is 0.714. The first kappa shape index (κ1) is 8.99. The second-order valence-electron chi connectivity index (χ2n) is 2.74. The molecule has 1 heterocycles. The summed E-state index contributed by atoms with van der Waals surface area (Å²) in [5, 5.41) is 11.3. The molecular weight excluding hydrogens is 162 g/mol. The topological polar surface area (TPSA) is 75.6 Å². The van der Waals surface area contributed by atoms with Gasteiger partial charge in [-0.25, -0.2) is 4.79 Å². The first-order valence-electron chi connectivity index (χ1n) is 3.75. The normalized spacial score (nSPS) is 24.8. The van der Waals surface area contributed by atoms with Gasteiger partial charge in [0.25, 0.3) is 0 Å². The third kappa shape index (κ3) is 2.20. The predicted octanol–water partition coefficient (Wildman–Crippen LogP) is -1.20. The van der Waals surface area contributed by atoms with E-state index in [1.807, 2.05) is 0 Å². The Balaban J connectivity index is 2.32. The second-order valence-corrected chi connectivity index (χ2v) is 2.74. The summed E-state index contributed by atoms with van der Waals surface area (Å²) in [7, 11) is 0. The molecule has 0 saturated carbocycles. The van der Waals surface area contributed by atoms with Crippen LogP contribution in [0.4, 0.5) is 0 Å². The largest absolute Gasteiger partial charge is 0.458 e. The van der Waals surface area contributed by atoms with Gasteiger partial charge in [-0.15, -0.1) is 0 Å². The molecule has 2 N–H and O–H groups in total. The van der Waals surface area contributed by atoms with Crippen molar-refractivity contribution in [2.24, 2.45) is 0 Å². The number of ether oxygens (including phenoxy) is 1. The van der Waals surface area contributed by atoms with E-state index >= 15 is 0 Å². The SMILES string of the molecule is C[C@H](O)C(=O)OC1CNC(=O)C1. The van der Waals surface area contributed by atoms with Crippen LogP contribution in [-0.2, 0) is 14.3 Å². The van der Waals surface area contributed by atoms with Gasteiger partial charge in [-0.3, -0.25) is 4.79 Å². The highest BCUT2D eigenvalue weighted by molar-refractivity contribution is 5.80. The summed E-state index contributed by atoms with van der Waals surface area (Å²) in [5.74, 6) is -0.810. The van der Waals surface area contributed by atoms with Crippen molar-refractivity contribution in [1.29, 1.82) is 0 Å². The Morgan fingerprint density at radius 1 is 1.83 bits per heavy atom. The van der Waals surface area contributed by atoms with Crippen LogP contribution in [0.2, 0.25) is 0 Å². The molecule has 0 aromatic carbocycles. The van der Waals surface area contributed by atoms with Crippen molar-refractivity contribution in [2.45, 2.75) is 25.6 Å². The molecule has 1 amide bonds. The molecule has 0 aromatic rings. The number of rotatable bonds is 2. The van der Waals surface area contributed by atoms with E-state index in [1.165, 1.54) is 6.92 Å². The highest BCUT2D eigenvalue weighted by Gasteiger charge is 2.26. The molecule has 0 bridgehead atoms. The van der Waals surface area contributed by atoms with Crippen molar-refractivity contribution in [1.82, 2.24) is 5.32 Å². The summed E-state index contributed by atoms with van der Waals surface area (Å²) in [5.41, 5.74) is 0. The van der Waals surface area contributed by atoms with Gasteiger partial charge in [0.15, 0.2) is 0 Å². The molecule has 0 spiro atoms. The van der Waals surface area contributed by atoms with Crippen LogP contribution in [0.5, 0.6) is 0 Å². The van der Waals surface area contributed by atoms with E-state index in [-0.39, 0.29) is 12.3 Å². The maximum absolute atomic E-state index is 10.8. The molecule has 0 aromatic heterocycles. The summed E-state index contributed by atoms with van der Waals surface area (Å²) in [4.78, 5) is 21.4. The number of carbonyl (C=O) groups excluding carboxylic acids is 2. The summed E-state index contributed by atoms with van der Waals surface area (Å²) < 4.78 is 4.77. The van der Waals surface area contributed by atoms with Crippen LogP contribution in [0.25, 0.3) is 0 Å². The Hall–Kier alpha value is -1.10. The van der Waals surface area contributed by atoms with Crippen LogP contribution in [0, 0.1) is 0 Å². The van der Waals surface area contributed by atoms with Crippen LogP contribution < -0.4 is 5.32 Å². The van der Waals surface area contributed by atoms with Crippen molar-refractivity contribution in [3.8, 4) is 0 Å². The van der Waals surface area contributed by atoms with Gasteiger partial charge < -0.3 is 15.2 Å². The van der Waals surface area contributed by atoms with Crippen LogP contribution in [0.15, 0.2) is 0 Å². The fourth-order valence-electron chi connectivity index (χ4n) is 0.925. The number of amides is 1. The summed E-state index contributed by atoms with van der Waals surface area (Å²) in [6, 6.07) is 0. The molecule has 1 unspecified atom stereocenters. The fourth-order valence-corrected chi connectivity index (χ4v) is 0.925. The quantitative estimate of drug-likeness (QED) is 0.514. The van der Waals surface area contributed by atoms with Gasteiger partial charge in [0.05, 0.1) is 13.0 Å².